The second-order valence-electron chi connectivity index (χ2n) is 15.3. The van der Waals surface area contributed by atoms with Crippen molar-refractivity contribution in [2.75, 3.05) is 0 Å². The van der Waals surface area contributed by atoms with Gasteiger partial charge in [0.25, 0.3) is 0 Å². The van der Waals surface area contributed by atoms with Crippen LogP contribution in [0.3, 0.4) is 0 Å². The van der Waals surface area contributed by atoms with E-state index in [1.807, 2.05) is 18.2 Å². The van der Waals surface area contributed by atoms with Crippen molar-refractivity contribution >= 4 is 87.2 Å². The zero-order chi connectivity index (χ0) is 38.6. The van der Waals surface area contributed by atoms with E-state index in [-0.39, 0.29) is 0 Å². The summed E-state index contributed by atoms with van der Waals surface area (Å²) in [5.41, 5.74) is 12.4. The lowest BCUT2D eigenvalue weighted by Crippen LogP contribution is -2.00. The van der Waals surface area contributed by atoms with E-state index >= 15 is 0 Å². The lowest BCUT2D eigenvalue weighted by atomic mass is 10.0. The van der Waals surface area contributed by atoms with E-state index in [0.29, 0.717) is 5.82 Å². The summed E-state index contributed by atoms with van der Waals surface area (Å²) in [6.07, 6.45) is 0. The number of para-hydroxylation sites is 3. The van der Waals surface area contributed by atoms with E-state index in [9.17, 15) is 0 Å². The van der Waals surface area contributed by atoms with Gasteiger partial charge in [-0.15, -0.1) is 0 Å². The van der Waals surface area contributed by atoms with Crippen molar-refractivity contribution in [1.82, 2.24) is 19.1 Å². The molecule has 5 heteroatoms. The SMILES string of the molecule is c1ccc(-c2nc(-c3ccc(-n4c5ccccc5c5ccc6c7c8c(ccc7n(-c7cccc9ccccc79)c6c54)oc4ccccc48)cc3)nc3ccccc23)cc1. The van der Waals surface area contributed by atoms with Gasteiger partial charge in [-0.3, -0.25) is 0 Å². The topological polar surface area (TPSA) is 48.8 Å². The fraction of sp³-hybridized carbons (Fsp3) is 0. The molecule has 0 fully saturated rings. The van der Waals surface area contributed by atoms with Crippen LogP contribution in [0.4, 0.5) is 0 Å². The van der Waals surface area contributed by atoms with Crippen molar-refractivity contribution in [1.29, 1.82) is 0 Å². The van der Waals surface area contributed by atoms with Gasteiger partial charge in [-0.2, -0.15) is 0 Å². The van der Waals surface area contributed by atoms with Gasteiger partial charge in [-0.1, -0.05) is 133 Å². The van der Waals surface area contributed by atoms with Gasteiger partial charge in [0.1, 0.15) is 11.2 Å². The highest BCUT2D eigenvalue weighted by atomic mass is 16.3. The summed E-state index contributed by atoms with van der Waals surface area (Å²) in [6, 6.07) is 68.9. The van der Waals surface area contributed by atoms with Gasteiger partial charge in [0.2, 0.25) is 0 Å². The molecule has 274 valence electrons. The van der Waals surface area contributed by atoms with Crippen molar-refractivity contribution in [2.24, 2.45) is 0 Å². The van der Waals surface area contributed by atoms with E-state index in [0.717, 1.165) is 83.1 Å². The molecular weight excluding hydrogens is 721 g/mol. The molecule has 0 amide bonds. The molecule has 13 rings (SSSR count). The highest BCUT2D eigenvalue weighted by Crippen LogP contribution is 2.46. The van der Waals surface area contributed by atoms with Crippen molar-refractivity contribution in [3.05, 3.63) is 194 Å². The van der Waals surface area contributed by atoms with Crippen LogP contribution in [0.25, 0.3) is 121 Å². The Morgan fingerprint density at radius 3 is 1.95 bits per heavy atom. The molecule has 0 saturated heterocycles. The highest BCUT2D eigenvalue weighted by Gasteiger charge is 2.25. The fourth-order valence-corrected chi connectivity index (χ4v) is 9.56. The summed E-state index contributed by atoms with van der Waals surface area (Å²) in [4.78, 5) is 10.3. The van der Waals surface area contributed by atoms with Gasteiger partial charge in [-0.25, -0.2) is 9.97 Å². The van der Waals surface area contributed by atoms with Crippen LogP contribution in [-0.2, 0) is 0 Å². The van der Waals surface area contributed by atoms with Gasteiger partial charge in [0.05, 0.1) is 39.0 Å². The molecule has 0 N–H and O–H groups in total. The molecule has 0 aliphatic rings. The Kier molecular flexibility index (Phi) is 6.66. The molecule has 0 unspecified atom stereocenters. The van der Waals surface area contributed by atoms with E-state index in [1.165, 1.54) is 32.3 Å². The monoisotopic (exact) mass is 752 g/mol. The van der Waals surface area contributed by atoms with E-state index < -0.39 is 0 Å². The van der Waals surface area contributed by atoms with Crippen molar-refractivity contribution in [3.63, 3.8) is 0 Å². The molecule has 4 heterocycles. The number of fused-ring (bicyclic) bond motifs is 13. The quantitative estimate of drug-likeness (QED) is 0.180. The number of aromatic nitrogens is 4. The van der Waals surface area contributed by atoms with Crippen LogP contribution in [0, 0.1) is 0 Å². The highest BCUT2D eigenvalue weighted by molar-refractivity contribution is 6.32. The fourth-order valence-electron chi connectivity index (χ4n) is 9.56. The third-order valence-corrected chi connectivity index (χ3v) is 12.1. The predicted molar refractivity (Wildman–Crippen MR) is 244 cm³/mol. The van der Waals surface area contributed by atoms with Crippen molar-refractivity contribution < 1.29 is 4.42 Å². The van der Waals surface area contributed by atoms with Crippen molar-refractivity contribution in [3.8, 4) is 34.0 Å². The molecule has 0 saturated carbocycles. The Bertz CT molecular complexity index is 3830. The molecule has 59 heavy (non-hydrogen) atoms. The number of benzene rings is 9. The second-order valence-corrected chi connectivity index (χ2v) is 15.3. The van der Waals surface area contributed by atoms with E-state index in [2.05, 4.69) is 185 Å². The minimum absolute atomic E-state index is 0.700. The lowest BCUT2D eigenvalue weighted by Gasteiger charge is -2.15. The first-order valence-corrected chi connectivity index (χ1v) is 20.0. The number of furan rings is 1. The number of rotatable bonds is 4. The average Bonchev–Trinajstić information content (AvgIpc) is 3.96. The largest absolute Gasteiger partial charge is 0.456 e. The van der Waals surface area contributed by atoms with E-state index in [1.54, 1.807) is 0 Å². The Balaban J connectivity index is 1.12. The van der Waals surface area contributed by atoms with Gasteiger partial charge >= 0.3 is 0 Å². The maximum Gasteiger partial charge on any atom is 0.160 e. The zero-order valence-corrected chi connectivity index (χ0v) is 31.7. The molecule has 13 aromatic rings. The molecule has 0 atom stereocenters. The minimum atomic E-state index is 0.700. The van der Waals surface area contributed by atoms with Gasteiger partial charge in [0.15, 0.2) is 5.82 Å². The average molecular weight is 753 g/mol. The summed E-state index contributed by atoms with van der Waals surface area (Å²) in [7, 11) is 0. The molecule has 0 bridgehead atoms. The van der Waals surface area contributed by atoms with Gasteiger partial charge in [0, 0.05) is 59.9 Å². The second kappa shape index (κ2) is 12.2. The molecule has 9 aromatic carbocycles. The first-order chi connectivity index (χ1) is 29.3. The normalized spacial score (nSPS) is 12.1. The van der Waals surface area contributed by atoms with Gasteiger partial charge in [-0.05, 0) is 66.0 Å². The first-order valence-electron chi connectivity index (χ1n) is 20.0. The molecule has 0 radical (unpaired) electrons. The number of hydrogen-bond donors (Lipinski definition) is 0. The Morgan fingerprint density at radius 2 is 1.07 bits per heavy atom. The van der Waals surface area contributed by atoms with E-state index in [4.69, 9.17) is 14.4 Å². The number of hydrogen-bond acceptors (Lipinski definition) is 3. The van der Waals surface area contributed by atoms with Crippen LogP contribution < -0.4 is 0 Å². The summed E-state index contributed by atoms with van der Waals surface area (Å²) >= 11 is 0. The van der Waals surface area contributed by atoms with Crippen LogP contribution in [0.5, 0.6) is 0 Å². The Hall–Kier alpha value is -8.02. The maximum atomic E-state index is 6.50. The first kappa shape index (κ1) is 32.1. The maximum absolute atomic E-state index is 6.50. The number of nitrogens with zero attached hydrogens (tertiary/aromatic N) is 4. The smallest absolute Gasteiger partial charge is 0.160 e. The molecule has 0 spiro atoms. The Labute approximate surface area is 337 Å². The standard InChI is InChI=1S/C54H32N4O/c1-2-14-34(15-3-1)51-40-19-6-9-21-43(40)55-54(56-51)35-25-27-36(28-26-35)57-45-22-10-7-18-38(45)39-29-30-42-49-46(31-32-48-50(49)41-20-8-11-24-47(41)59-48)58(53(42)52(39)57)44-23-12-16-33-13-4-5-17-37(33)44/h1-32H. The van der Waals surface area contributed by atoms with Gasteiger partial charge < -0.3 is 13.6 Å². The molecule has 0 aliphatic carbocycles. The van der Waals surface area contributed by atoms with Crippen molar-refractivity contribution in [2.45, 2.75) is 0 Å². The van der Waals surface area contributed by atoms with Crippen LogP contribution >= 0.6 is 0 Å². The summed E-state index contributed by atoms with van der Waals surface area (Å²) < 4.78 is 11.4. The van der Waals surface area contributed by atoms with Crippen LogP contribution in [0.1, 0.15) is 0 Å². The Morgan fingerprint density at radius 1 is 0.373 bits per heavy atom. The molecule has 4 aromatic heterocycles. The summed E-state index contributed by atoms with van der Waals surface area (Å²) in [5.74, 6) is 0.700. The molecular formula is C54H32N4O. The molecule has 5 nitrogen and oxygen atoms in total. The summed E-state index contributed by atoms with van der Waals surface area (Å²) in [6.45, 7) is 0. The molecule has 0 aliphatic heterocycles. The third-order valence-electron chi connectivity index (χ3n) is 12.1. The predicted octanol–water partition coefficient (Wildman–Crippen LogP) is 14.2. The zero-order valence-electron chi connectivity index (χ0n) is 31.7. The van der Waals surface area contributed by atoms with Crippen LogP contribution in [-0.4, -0.2) is 19.1 Å². The van der Waals surface area contributed by atoms with Crippen LogP contribution in [0.15, 0.2) is 199 Å². The van der Waals surface area contributed by atoms with Crippen LogP contribution in [0.2, 0.25) is 0 Å². The lowest BCUT2D eigenvalue weighted by molar-refractivity contribution is 0.669. The summed E-state index contributed by atoms with van der Waals surface area (Å²) in [5, 5.41) is 10.4. The minimum Gasteiger partial charge on any atom is -0.456 e. The third kappa shape index (κ3) is 4.61.